The SMILES string of the molecule is CCCCCOc1cccn2cc(COC(C)=O)nc12. The molecule has 0 aromatic carbocycles. The third kappa shape index (κ3) is 3.73. The van der Waals surface area contributed by atoms with E-state index >= 15 is 0 Å². The molecule has 0 saturated carbocycles. The molecule has 0 aliphatic carbocycles. The van der Waals surface area contributed by atoms with Gasteiger partial charge in [0.05, 0.1) is 12.3 Å². The number of fused-ring (bicyclic) bond motifs is 1. The monoisotopic (exact) mass is 276 g/mol. The first kappa shape index (κ1) is 14.4. The van der Waals surface area contributed by atoms with Crippen molar-refractivity contribution in [1.82, 2.24) is 9.38 Å². The summed E-state index contributed by atoms with van der Waals surface area (Å²) in [5.41, 5.74) is 1.47. The summed E-state index contributed by atoms with van der Waals surface area (Å²) >= 11 is 0. The van der Waals surface area contributed by atoms with Gasteiger partial charge in [0.25, 0.3) is 0 Å². The average Bonchev–Trinajstić information content (AvgIpc) is 2.85. The zero-order chi connectivity index (χ0) is 14.4. The van der Waals surface area contributed by atoms with Crippen LogP contribution in [0.15, 0.2) is 24.5 Å². The Balaban J connectivity index is 2.08. The van der Waals surface area contributed by atoms with Crippen LogP contribution in [0.3, 0.4) is 0 Å². The number of hydrogen-bond donors (Lipinski definition) is 0. The van der Waals surface area contributed by atoms with Crippen LogP contribution >= 0.6 is 0 Å². The lowest BCUT2D eigenvalue weighted by Crippen LogP contribution is -1.99. The van der Waals surface area contributed by atoms with Crippen molar-refractivity contribution < 1.29 is 14.3 Å². The number of hydrogen-bond acceptors (Lipinski definition) is 4. The minimum Gasteiger partial charge on any atom is -0.490 e. The summed E-state index contributed by atoms with van der Waals surface area (Å²) in [6, 6.07) is 3.82. The highest BCUT2D eigenvalue weighted by molar-refractivity contribution is 5.66. The van der Waals surface area contributed by atoms with Crippen molar-refractivity contribution in [3.63, 3.8) is 0 Å². The number of pyridine rings is 1. The van der Waals surface area contributed by atoms with Crippen molar-refractivity contribution in [1.29, 1.82) is 0 Å². The fourth-order valence-electron chi connectivity index (χ4n) is 1.93. The van der Waals surface area contributed by atoms with Crippen LogP contribution in [0, 0.1) is 0 Å². The zero-order valence-electron chi connectivity index (χ0n) is 12.0. The largest absolute Gasteiger partial charge is 0.490 e. The van der Waals surface area contributed by atoms with Gasteiger partial charge < -0.3 is 13.9 Å². The van der Waals surface area contributed by atoms with E-state index in [1.54, 1.807) is 0 Å². The number of nitrogens with zero attached hydrogens (tertiary/aromatic N) is 2. The molecular formula is C15H20N2O3. The van der Waals surface area contributed by atoms with Crippen molar-refractivity contribution in [2.75, 3.05) is 6.61 Å². The lowest BCUT2D eigenvalue weighted by Gasteiger charge is -2.06. The Kier molecular flexibility index (Phi) is 4.98. The van der Waals surface area contributed by atoms with E-state index in [1.807, 2.05) is 28.9 Å². The van der Waals surface area contributed by atoms with Crippen LogP contribution in [-0.2, 0) is 16.1 Å². The van der Waals surface area contributed by atoms with Crippen molar-refractivity contribution >= 4 is 11.6 Å². The Morgan fingerprint density at radius 1 is 1.40 bits per heavy atom. The van der Waals surface area contributed by atoms with Crippen LogP contribution in [0.4, 0.5) is 0 Å². The Morgan fingerprint density at radius 2 is 2.25 bits per heavy atom. The second-order valence-corrected chi connectivity index (χ2v) is 4.67. The van der Waals surface area contributed by atoms with E-state index in [4.69, 9.17) is 9.47 Å². The fourth-order valence-corrected chi connectivity index (χ4v) is 1.93. The van der Waals surface area contributed by atoms with E-state index < -0.39 is 0 Å². The quantitative estimate of drug-likeness (QED) is 0.576. The lowest BCUT2D eigenvalue weighted by atomic mass is 10.3. The van der Waals surface area contributed by atoms with Gasteiger partial charge in [-0.1, -0.05) is 19.8 Å². The van der Waals surface area contributed by atoms with Crippen molar-refractivity contribution in [3.8, 4) is 5.75 Å². The molecule has 2 aromatic rings. The first-order valence-electron chi connectivity index (χ1n) is 6.93. The Hall–Kier alpha value is -2.04. The summed E-state index contributed by atoms with van der Waals surface area (Å²) in [6.45, 7) is 4.43. The van der Waals surface area contributed by atoms with Gasteiger partial charge in [-0.05, 0) is 18.6 Å². The molecule has 0 bridgehead atoms. The maximum atomic E-state index is 10.8. The third-order valence-electron chi connectivity index (χ3n) is 2.93. The highest BCUT2D eigenvalue weighted by Crippen LogP contribution is 2.19. The molecule has 2 heterocycles. The van der Waals surface area contributed by atoms with Crippen molar-refractivity contribution in [2.45, 2.75) is 39.7 Å². The summed E-state index contributed by atoms with van der Waals surface area (Å²) in [5.74, 6) is 0.454. The molecule has 0 N–H and O–H groups in total. The smallest absolute Gasteiger partial charge is 0.303 e. The molecule has 0 aliphatic heterocycles. The molecule has 0 aliphatic rings. The van der Waals surface area contributed by atoms with Crippen LogP contribution in [0.5, 0.6) is 5.75 Å². The van der Waals surface area contributed by atoms with Gasteiger partial charge in [-0.2, -0.15) is 0 Å². The van der Waals surface area contributed by atoms with Gasteiger partial charge >= 0.3 is 5.97 Å². The average molecular weight is 276 g/mol. The van der Waals surface area contributed by atoms with Gasteiger partial charge in [-0.3, -0.25) is 4.79 Å². The van der Waals surface area contributed by atoms with Gasteiger partial charge in [0, 0.05) is 19.3 Å². The summed E-state index contributed by atoms with van der Waals surface area (Å²) in [7, 11) is 0. The number of imidazole rings is 1. The second kappa shape index (κ2) is 6.93. The molecule has 0 spiro atoms. The van der Waals surface area contributed by atoms with Crippen molar-refractivity contribution in [3.05, 3.63) is 30.2 Å². The van der Waals surface area contributed by atoms with Gasteiger partial charge in [0.2, 0.25) is 0 Å². The summed E-state index contributed by atoms with van der Waals surface area (Å²) in [5, 5.41) is 0. The molecule has 0 radical (unpaired) electrons. The molecule has 5 heteroatoms. The highest BCUT2D eigenvalue weighted by atomic mass is 16.5. The molecule has 0 fully saturated rings. The first-order chi connectivity index (χ1) is 9.70. The molecule has 2 rings (SSSR count). The van der Waals surface area contributed by atoms with E-state index in [0.29, 0.717) is 12.3 Å². The minimum absolute atomic E-state index is 0.187. The molecule has 20 heavy (non-hydrogen) atoms. The number of carbonyl (C=O) groups excluding carboxylic acids is 1. The molecule has 0 unspecified atom stereocenters. The molecule has 0 amide bonds. The number of aromatic nitrogens is 2. The number of unbranched alkanes of at least 4 members (excludes halogenated alkanes) is 2. The molecule has 0 atom stereocenters. The van der Waals surface area contributed by atoms with E-state index in [2.05, 4.69) is 11.9 Å². The Labute approximate surface area is 118 Å². The number of carbonyl (C=O) groups is 1. The standard InChI is InChI=1S/C15H20N2O3/c1-3-4-5-9-19-14-7-6-8-17-10-13(16-15(14)17)11-20-12(2)18/h6-8,10H,3-5,9,11H2,1-2H3. The van der Waals surface area contributed by atoms with Gasteiger partial charge in [-0.15, -0.1) is 0 Å². The summed E-state index contributed by atoms with van der Waals surface area (Å²) in [4.78, 5) is 15.3. The molecule has 108 valence electrons. The van der Waals surface area contributed by atoms with Gasteiger partial charge in [-0.25, -0.2) is 4.98 Å². The number of ether oxygens (including phenoxy) is 2. The van der Waals surface area contributed by atoms with E-state index in [0.717, 1.165) is 24.2 Å². The summed E-state index contributed by atoms with van der Waals surface area (Å²) in [6.07, 6.45) is 7.12. The maximum Gasteiger partial charge on any atom is 0.303 e. The predicted molar refractivity (Wildman–Crippen MR) is 75.7 cm³/mol. The van der Waals surface area contributed by atoms with E-state index in [-0.39, 0.29) is 12.6 Å². The van der Waals surface area contributed by atoms with E-state index in [1.165, 1.54) is 13.3 Å². The summed E-state index contributed by atoms with van der Waals surface area (Å²) < 4.78 is 12.6. The van der Waals surface area contributed by atoms with Crippen LogP contribution in [-0.4, -0.2) is 22.0 Å². The molecule has 5 nitrogen and oxygen atoms in total. The van der Waals surface area contributed by atoms with Crippen LogP contribution in [0.25, 0.3) is 5.65 Å². The topological polar surface area (TPSA) is 52.8 Å². The number of esters is 1. The maximum absolute atomic E-state index is 10.8. The molecular weight excluding hydrogens is 256 g/mol. The second-order valence-electron chi connectivity index (χ2n) is 4.67. The predicted octanol–water partition coefficient (Wildman–Crippen LogP) is 2.97. The van der Waals surface area contributed by atoms with Crippen LogP contribution in [0.1, 0.15) is 38.8 Å². The lowest BCUT2D eigenvalue weighted by molar-refractivity contribution is -0.142. The van der Waals surface area contributed by atoms with Crippen LogP contribution in [0.2, 0.25) is 0 Å². The Bertz CT molecular complexity index is 578. The van der Waals surface area contributed by atoms with Gasteiger partial charge in [0.1, 0.15) is 6.61 Å². The third-order valence-corrected chi connectivity index (χ3v) is 2.93. The molecule has 2 aromatic heterocycles. The number of rotatable bonds is 7. The first-order valence-corrected chi connectivity index (χ1v) is 6.93. The fraction of sp³-hybridized carbons (Fsp3) is 0.467. The highest BCUT2D eigenvalue weighted by Gasteiger charge is 2.08. The minimum atomic E-state index is -0.307. The van der Waals surface area contributed by atoms with E-state index in [9.17, 15) is 4.79 Å². The zero-order valence-corrected chi connectivity index (χ0v) is 12.0. The van der Waals surface area contributed by atoms with Gasteiger partial charge in [0.15, 0.2) is 11.4 Å². The van der Waals surface area contributed by atoms with Crippen LogP contribution < -0.4 is 4.74 Å². The normalized spacial score (nSPS) is 10.7. The van der Waals surface area contributed by atoms with Crippen molar-refractivity contribution in [2.24, 2.45) is 0 Å². The Morgan fingerprint density at radius 3 is 3.00 bits per heavy atom. The molecule has 0 saturated heterocycles.